The van der Waals surface area contributed by atoms with Crippen LogP contribution in [0.2, 0.25) is 0 Å². The predicted octanol–water partition coefficient (Wildman–Crippen LogP) is 3.41. The van der Waals surface area contributed by atoms with Crippen molar-refractivity contribution in [2.24, 2.45) is 0 Å². The predicted molar refractivity (Wildman–Crippen MR) is 93.9 cm³/mol. The molecule has 0 bridgehead atoms. The zero-order chi connectivity index (χ0) is 16.1. The lowest BCUT2D eigenvalue weighted by Gasteiger charge is -2.26. The average molecular weight is 330 g/mol. The number of thiophene rings is 1. The standard InChI is InChI=1S/C17H22N4OS/c1-13-6-4-8-18-16(13)20-17(22)19-12-14(15-7-5-11-23-15)21-9-2-3-10-21/h4-8,11,14H,2-3,9-10,12H2,1H3,(H2,18,19,20,22). The number of pyridine rings is 1. The molecule has 1 aliphatic rings. The van der Waals surface area contributed by atoms with E-state index in [1.807, 2.05) is 19.1 Å². The fourth-order valence-corrected chi connectivity index (χ4v) is 3.76. The Hall–Kier alpha value is -1.92. The van der Waals surface area contributed by atoms with Gasteiger partial charge in [0.2, 0.25) is 0 Å². The number of hydrogen-bond donors (Lipinski definition) is 2. The van der Waals surface area contributed by atoms with Gasteiger partial charge in [0.05, 0.1) is 6.04 Å². The van der Waals surface area contributed by atoms with Crippen molar-refractivity contribution >= 4 is 23.2 Å². The maximum atomic E-state index is 12.2. The Morgan fingerprint density at radius 2 is 2.17 bits per heavy atom. The third kappa shape index (κ3) is 4.09. The van der Waals surface area contributed by atoms with Crippen LogP contribution in [0.4, 0.5) is 10.6 Å². The summed E-state index contributed by atoms with van der Waals surface area (Å²) in [7, 11) is 0. The molecule has 1 atom stereocenters. The van der Waals surface area contributed by atoms with Crippen molar-refractivity contribution in [3.63, 3.8) is 0 Å². The SMILES string of the molecule is Cc1cccnc1NC(=O)NCC(c1cccs1)N1CCCC1. The lowest BCUT2D eigenvalue weighted by atomic mass is 10.2. The molecule has 6 heteroatoms. The van der Waals surface area contributed by atoms with Crippen molar-refractivity contribution < 1.29 is 4.79 Å². The lowest BCUT2D eigenvalue weighted by Crippen LogP contribution is -2.38. The number of nitrogens with zero attached hydrogens (tertiary/aromatic N) is 2. The molecule has 0 radical (unpaired) electrons. The quantitative estimate of drug-likeness (QED) is 0.883. The third-order valence-corrected chi connectivity index (χ3v) is 5.12. The highest BCUT2D eigenvalue weighted by atomic mass is 32.1. The van der Waals surface area contributed by atoms with Gasteiger partial charge in [-0.3, -0.25) is 10.2 Å². The van der Waals surface area contributed by atoms with Gasteiger partial charge in [-0.25, -0.2) is 9.78 Å². The Morgan fingerprint density at radius 3 is 2.87 bits per heavy atom. The minimum Gasteiger partial charge on any atom is -0.336 e. The summed E-state index contributed by atoms with van der Waals surface area (Å²) in [6.45, 7) is 4.75. The highest BCUT2D eigenvalue weighted by Crippen LogP contribution is 2.27. The van der Waals surface area contributed by atoms with Crippen LogP contribution in [0.1, 0.15) is 29.3 Å². The summed E-state index contributed by atoms with van der Waals surface area (Å²) in [5.74, 6) is 0.610. The number of rotatable bonds is 5. The van der Waals surface area contributed by atoms with E-state index in [1.54, 1.807) is 17.5 Å². The molecule has 5 nitrogen and oxygen atoms in total. The number of anilines is 1. The molecule has 0 saturated carbocycles. The van der Waals surface area contributed by atoms with E-state index in [2.05, 4.69) is 38.0 Å². The monoisotopic (exact) mass is 330 g/mol. The molecule has 1 fully saturated rings. The minimum absolute atomic E-state index is 0.201. The zero-order valence-electron chi connectivity index (χ0n) is 13.3. The van der Waals surface area contributed by atoms with Gasteiger partial charge in [0.1, 0.15) is 5.82 Å². The van der Waals surface area contributed by atoms with E-state index >= 15 is 0 Å². The number of likely N-dealkylation sites (tertiary alicyclic amines) is 1. The highest BCUT2D eigenvalue weighted by Gasteiger charge is 2.24. The number of amides is 2. The lowest BCUT2D eigenvalue weighted by molar-refractivity contribution is 0.229. The molecule has 0 aliphatic carbocycles. The molecular formula is C17H22N4OS. The summed E-state index contributed by atoms with van der Waals surface area (Å²) in [6, 6.07) is 8.07. The van der Waals surface area contributed by atoms with Crippen molar-refractivity contribution in [3.05, 3.63) is 46.3 Å². The molecule has 1 unspecified atom stereocenters. The molecule has 2 aromatic rings. The molecular weight excluding hydrogens is 308 g/mol. The summed E-state index contributed by atoms with van der Waals surface area (Å²) in [5, 5.41) is 7.92. The number of carbonyl (C=O) groups is 1. The van der Waals surface area contributed by atoms with E-state index in [9.17, 15) is 4.79 Å². The Kier molecular flexibility index (Phi) is 5.25. The first kappa shape index (κ1) is 16.0. The van der Waals surface area contributed by atoms with Crippen LogP contribution in [-0.4, -0.2) is 35.5 Å². The van der Waals surface area contributed by atoms with Gasteiger partial charge in [0.25, 0.3) is 0 Å². The van der Waals surface area contributed by atoms with E-state index in [4.69, 9.17) is 0 Å². The van der Waals surface area contributed by atoms with Crippen LogP contribution < -0.4 is 10.6 Å². The van der Waals surface area contributed by atoms with Crippen molar-refractivity contribution in [2.45, 2.75) is 25.8 Å². The van der Waals surface area contributed by atoms with E-state index < -0.39 is 0 Å². The normalized spacial score (nSPS) is 16.2. The van der Waals surface area contributed by atoms with E-state index in [0.717, 1.165) is 18.7 Å². The molecule has 2 aromatic heterocycles. The zero-order valence-corrected chi connectivity index (χ0v) is 14.1. The van der Waals surface area contributed by atoms with Gasteiger partial charge in [-0.1, -0.05) is 12.1 Å². The molecule has 1 saturated heterocycles. The van der Waals surface area contributed by atoms with Crippen LogP contribution in [0.3, 0.4) is 0 Å². The summed E-state index contributed by atoms with van der Waals surface area (Å²) >= 11 is 1.75. The van der Waals surface area contributed by atoms with Gasteiger partial charge in [-0.15, -0.1) is 11.3 Å². The highest BCUT2D eigenvalue weighted by molar-refractivity contribution is 7.10. The fraction of sp³-hybridized carbons (Fsp3) is 0.412. The molecule has 3 rings (SSSR count). The summed E-state index contributed by atoms with van der Waals surface area (Å²) in [5.41, 5.74) is 0.956. The van der Waals surface area contributed by atoms with Gasteiger partial charge < -0.3 is 5.32 Å². The molecule has 0 aromatic carbocycles. The maximum Gasteiger partial charge on any atom is 0.320 e. The van der Waals surface area contributed by atoms with Crippen LogP contribution in [0, 0.1) is 6.92 Å². The molecule has 122 valence electrons. The Labute approximate surface area is 140 Å². The van der Waals surface area contributed by atoms with E-state index in [-0.39, 0.29) is 12.1 Å². The second-order valence-corrected chi connectivity index (χ2v) is 6.76. The number of aromatic nitrogens is 1. The Balaban J connectivity index is 1.60. The average Bonchev–Trinajstić information content (AvgIpc) is 3.23. The molecule has 3 heterocycles. The van der Waals surface area contributed by atoms with Crippen LogP contribution in [0.25, 0.3) is 0 Å². The van der Waals surface area contributed by atoms with Gasteiger partial charge in [-0.05, 0) is 55.9 Å². The minimum atomic E-state index is -0.201. The molecule has 2 N–H and O–H groups in total. The van der Waals surface area contributed by atoms with Crippen LogP contribution in [0.15, 0.2) is 35.8 Å². The molecule has 0 spiro atoms. The second-order valence-electron chi connectivity index (χ2n) is 5.78. The number of carbonyl (C=O) groups excluding carboxylic acids is 1. The van der Waals surface area contributed by atoms with E-state index in [1.165, 1.54) is 17.7 Å². The van der Waals surface area contributed by atoms with Gasteiger partial charge in [-0.2, -0.15) is 0 Å². The smallest absolute Gasteiger partial charge is 0.320 e. The number of aryl methyl sites for hydroxylation is 1. The Morgan fingerprint density at radius 1 is 1.35 bits per heavy atom. The first-order valence-electron chi connectivity index (χ1n) is 7.98. The van der Waals surface area contributed by atoms with Crippen molar-refractivity contribution in [1.82, 2.24) is 15.2 Å². The number of hydrogen-bond acceptors (Lipinski definition) is 4. The third-order valence-electron chi connectivity index (χ3n) is 4.15. The largest absolute Gasteiger partial charge is 0.336 e. The molecule has 2 amide bonds. The topological polar surface area (TPSA) is 57.3 Å². The summed E-state index contributed by atoms with van der Waals surface area (Å²) in [4.78, 5) is 20.1. The van der Waals surface area contributed by atoms with Crippen molar-refractivity contribution in [1.29, 1.82) is 0 Å². The van der Waals surface area contributed by atoms with Gasteiger partial charge in [0, 0.05) is 17.6 Å². The summed E-state index contributed by atoms with van der Waals surface area (Å²) in [6.07, 6.45) is 4.16. The van der Waals surface area contributed by atoms with Crippen LogP contribution in [0.5, 0.6) is 0 Å². The van der Waals surface area contributed by atoms with Crippen LogP contribution in [-0.2, 0) is 0 Å². The van der Waals surface area contributed by atoms with Crippen molar-refractivity contribution in [2.75, 3.05) is 25.0 Å². The van der Waals surface area contributed by atoms with Gasteiger partial charge >= 0.3 is 6.03 Å². The van der Waals surface area contributed by atoms with E-state index in [0.29, 0.717) is 12.4 Å². The fourth-order valence-electron chi connectivity index (χ4n) is 2.90. The van der Waals surface area contributed by atoms with Crippen molar-refractivity contribution in [3.8, 4) is 0 Å². The molecule has 1 aliphatic heterocycles. The number of urea groups is 1. The first-order chi connectivity index (χ1) is 11.2. The summed E-state index contributed by atoms with van der Waals surface area (Å²) < 4.78 is 0. The molecule has 23 heavy (non-hydrogen) atoms. The first-order valence-corrected chi connectivity index (χ1v) is 8.86. The van der Waals surface area contributed by atoms with Crippen LogP contribution >= 0.6 is 11.3 Å². The van der Waals surface area contributed by atoms with Gasteiger partial charge in [0.15, 0.2) is 0 Å². The number of nitrogens with one attached hydrogen (secondary N) is 2. The maximum absolute atomic E-state index is 12.2. The Bertz CT molecular complexity index is 638. The second kappa shape index (κ2) is 7.57.